The van der Waals surface area contributed by atoms with Gasteiger partial charge in [0.1, 0.15) is 11.7 Å². The number of anilines is 2. The zero-order chi connectivity index (χ0) is 25.5. The Balaban J connectivity index is 1.16. The minimum atomic E-state index is -0.407. The van der Waals surface area contributed by atoms with Gasteiger partial charge < -0.3 is 24.9 Å². The summed E-state index contributed by atoms with van der Waals surface area (Å²) >= 11 is 0. The van der Waals surface area contributed by atoms with E-state index in [1.165, 1.54) is 10.8 Å². The Kier molecular flexibility index (Phi) is 5.66. The van der Waals surface area contributed by atoms with Crippen LogP contribution in [0, 0.1) is 6.92 Å². The quantitative estimate of drug-likeness (QED) is 0.428. The van der Waals surface area contributed by atoms with Crippen molar-refractivity contribution in [2.75, 3.05) is 43.4 Å². The largest absolute Gasteiger partial charge is 0.461 e. The van der Waals surface area contributed by atoms with Gasteiger partial charge in [0.05, 0.1) is 6.26 Å². The summed E-state index contributed by atoms with van der Waals surface area (Å²) in [5, 5.41) is 4.33. The van der Waals surface area contributed by atoms with Crippen LogP contribution >= 0.6 is 0 Å². The lowest BCUT2D eigenvalue weighted by Gasteiger charge is -2.37. The predicted molar refractivity (Wildman–Crippen MR) is 133 cm³/mol. The lowest BCUT2D eigenvalue weighted by atomic mass is 10.1. The standard InChI is InChI=1S/C24H26N10O3/c1-15-6-7-16(26-14-15)20(35)31-9-11-32(12-10-31)21(36)17-4-2-8-33(17)23-28-22(25)34-24(29-23)27-19(30-34)18-5-3-13-37-18/h3,5-7,13-14,17H,2,4,8-12H2,1H3,(H2,25,27,28,29,30)/t17-/m0/s1. The third-order valence-electron chi connectivity index (χ3n) is 6.77. The summed E-state index contributed by atoms with van der Waals surface area (Å²) in [5.74, 6) is 1.48. The average molecular weight is 503 g/mol. The van der Waals surface area contributed by atoms with Gasteiger partial charge in [-0.1, -0.05) is 6.07 Å². The van der Waals surface area contributed by atoms with E-state index in [0.717, 1.165) is 12.0 Å². The van der Waals surface area contributed by atoms with E-state index in [-0.39, 0.29) is 23.5 Å². The molecule has 2 aliphatic rings. The summed E-state index contributed by atoms with van der Waals surface area (Å²) in [4.78, 5) is 49.4. The monoisotopic (exact) mass is 502 g/mol. The van der Waals surface area contributed by atoms with Gasteiger partial charge in [-0.15, -0.1) is 5.10 Å². The SMILES string of the molecule is Cc1ccc(C(=O)N2CCN(C(=O)[C@@H]3CCCN3c3nc(N)n4nc(-c5ccco5)nc4n3)CC2)nc1. The number of carbonyl (C=O) groups is 2. The number of carbonyl (C=O) groups excluding carboxylic acids is 2. The number of amides is 2. The molecule has 190 valence electrons. The van der Waals surface area contributed by atoms with Crippen LogP contribution in [0.15, 0.2) is 41.1 Å². The van der Waals surface area contributed by atoms with Crippen molar-refractivity contribution in [3.8, 4) is 11.6 Å². The van der Waals surface area contributed by atoms with Crippen LogP contribution in [0.2, 0.25) is 0 Å². The molecule has 0 bridgehead atoms. The molecular weight excluding hydrogens is 476 g/mol. The second-order valence-corrected chi connectivity index (χ2v) is 9.20. The molecule has 2 saturated heterocycles. The first kappa shape index (κ1) is 22.9. The normalized spacial score (nSPS) is 18.1. The molecule has 0 spiro atoms. The molecule has 13 nitrogen and oxygen atoms in total. The van der Waals surface area contributed by atoms with Gasteiger partial charge in [-0.25, -0.2) is 0 Å². The van der Waals surface area contributed by atoms with Crippen LogP contribution in [0.3, 0.4) is 0 Å². The first-order valence-electron chi connectivity index (χ1n) is 12.2. The lowest BCUT2D eigenvalue weighted by molar-refractivity contribution is -0.133. The maximum atomic E-state index is 13.5. The highest BCUT2D eigenvalue weighted by Crippen LogP contribution is 2.26. The Bertz CT molecular complexity index is 1440. The molecule has 13 heteroatoms. The summed E-state index contributed by atoms with van der Waals surface area (Å²) in [6, 6.07) is 6.70. The topological polar surface area (TPSA) is 152 Å². The number of piperazine rings is 1. The van der Waals surface area contributed by atoms with Crippen LogP contribution in [-0.2, 0) is 4.79 Å². The maximum absolute atomic E-state index is 13.5. The molecule has 0 aromatic carbocycles. The number of hydrogen-bond donors (Lipinski definition) is 1. The fourth-order valence-electron chi connectivity index (χ4n) is 4.79. The molecule has 37 heavy (non-hydrogen) atoms. The van der Waals surface area contributed by atoms with Gasteiger partial charge in [-0.05, 0) is 43.5 Å². The minimum Gasteiger partial charge on any atom is -0.461 e. The highest BCUT2D eigenvalue weighted by atomic mass is 16.3. The molecule has 6 heterocycles. The van der Waals surface area contributed by atoms with Crippen molar-refractivity contribution in [1.82, 2.24) is 39.3 Å². The molecule has 2 aliphatic heterocycles. The molecule has 0 aliphatic carbocycles. The second-order valence-electron chi connectivity index (χ2n) is 9.20. The van der Waals surface area contributed by atoms with Gasteiger partial charge >= 0.3 is 0 Å². The van der Waals surface area contributed by atoms with Crippen LogP contribution in [0.5, 0.6) is 0 Å². The van der Waals surface area contributed by atoms with Gasteiger partial charge in [-0.3, -0.25) is 14.6 Å². The summed E-state index contributed by atoms with van der Waals surface area (Å²) in [5.41, 5.74) is 7.59. The molecule has 0 saturated carbocycles. The molecule has 0 unspecified atom stereocenters. The predicted octanol–water partition coefficient (Wildman–Crippen LogP) is 1.02. The van der Waals surface area contributed by atoms with E-state index < -0.39 is 6.04 Å². The third kappa shape index (κ3) is 4.21. The number of nitrogens with two attached hydrogens (primary N) is 1. The zero-order valence-corrected chi connectivity index (χ0v) is 20.3. The van der Waals surface area contributed by atoms with Gasteiger partial charge in [0.2, 0.25) is 23.6 Å². The third-order valence-corrected chi connectivity index (χ3v) is 6.77. The van der Waals surface area contributed by atoms with Crippen molar-refractivity contribution in [2.24, 2.45) is 0 Å². The summed E-state index contributed by atoms with van der Waals surface area (Å²) in [6.45, 7) is 4.39. The Hall–Kier alpha value is -4.55. The number of rotatable bonds is 4. The van der Waals surface area contributed by atoms with Crippen LogP contribution < -0.4 is 10.6 Å². The summed E-state index contributed by atoms with van der Waals surface area (Å²) < 4.78 is 6.73. The number of nitrogen functional groups attached to an aromatic ring is 1. The molecule has 2 fully saturated rings. The first-order chi connectivity index (χ1) is 18.0. The number of aryl methyl sites for hydroxylation is 1. The van der Waals surface area contributed by atoms with Crippen molar-refractivity contribution >= 4 is 29.5 Å². The van der Waals surface area contributed by atoms with Crippen LogP contribution in [0.4, 0.5) is 11.9 Å². The van der Waals surface area contributed by atoms with Gasteiger partial charge in [0.15, 0.2) is 5.76 Å². The Morgan fingerprint density at radius 2 is 1.84 bits per heavy atom. The molecule has 1 atom stereocenters. The molecule has 4 aromatic rings. The number of furan rings is 1. The zero-order valence-electron chi connectivity index (χ0n) is 20.3. The van der Waals surface area contributed by atoms with Gasteiger partial charge in [0.25, 0.3) is 11.7 Å². The van der Waals surface area contributed by atoms with Gasteiger partial charge in [-0.2, -0.15) is 19.5 Å². The Labute approximate surface area is 211 Å². The van der Waals surface area contributed by atoms with Crippen molar-refractivity contribution in [2.45, 2.75) is 25.8 Å². The summed E-state index contributed by atoms with van der Waals surface area (Å²) in [6.07, 6.45) is 4.74. The lowest BCUT2D eigenvalue weighted by Crippen LogP contribution is -2.55. The Morgan fingerprint density at radius 1 is 1.03 bits per heavy atom. The fourth-order valence-corrected chi connectivity index (χ4v) is 4.79. The minimum absolute atomic E-state index is 0.00199. The van der Waals surface area contributed by atoms with E-state index in [0.29, 0.717) is 62.4 Å². The highest BCUT2D eigenvalue weighted by molar-refractivity contribution is 5.92. The number of pyridine rings is 1. The van der Waals surface area contributed by atoms with Crippen molar-refractivity contribution < 1.29 is 14.0 Å². The van der Waals surface area contributed by atoms with Crippen molar-refractivity contribution in [3.63, 3.8) is 0 Å². The van der Waals surface area contributed by atoms with Crippen molar-refractivity contribution in [1.29, 1.82) is 0 Å². The number of aromatic nitrogens is 6. The van der Waals surface area contributed by atoms with E-state index in [9.17, 15) is 9.59 Å². The first-order valence-corrected chi connectivity index (χ1v) is 12.2. The number of nitrogens with zero attached hydrogens (tertiary/aromatic N) is 9. The summed E-state index contributed by atoms with van der Waals surface area (Å²) in [7, 11) is 0. The Morgan fingerprint density at radius 3 is 2.57 bits per heavy atom. The molecule has 6 rings (SSSR count). The molecule has 4 aromatic heterocycles. The fraction of sp³-hybridized carbons (Fsp3) is 0.375. The molecule has 2 N–H and O–H groups in total. The van der Waals surface area contributed by atoms with Crippen LogP contribution in [0.25, 0.3) is 17.4 Å². The smallest absolute Gasteiger partial charge is 0.272 e. The van der Waals surface area contributed by atoms with E-state index in [1.54, 1.807) is 29.3 Å². The average Bonchev–Trinajstić information content (AvgIpc) is 3.69. The van der Waals surface area contributed by atoms with E-state index in [1.807, 2.05) is 22.8 Å². The molecule has 0 radical (unpaired) electrons. The van der Waals surface area contributed by atoms with E-state index >= 15 is 0 Å². The van der Waals surface area contributed by atoms with Crippen LogP contribution in [0.1, 0.15) is 28.9 Å². The van der Waals surface area contributed by atoms with Gasteiger partial charge in [0, 0.05) is 38.9 Å². The highest BCUT2D eigenvalue weighted by Gasteiger charge is 2.37. The van der Waals surface area contributed by atoms with Crippen LogP contribution in [-0.4, -0.2) is 89.9 Å². The number of hydrogen-bond acceptors (Lipinski definition) is 10. The molecular formula is C24H26N10O3. The van der Waals surface area contributed by atoms with E-state index in [2.05, 4.69) is 25.0 Å². The number of fused-ring (bicyclic) bond motifs is 1. The maximum Gasteiger partial charge on any atom is 0.272 e. The van der Waals surface area contributed by atoms with Crippen molar-refractivity contribution in [3.05, 3.63) is 48.0 Å². The second kappa shape index (κ2) is 9.15. The molecule has 2 amide bonds. The van der Waals surface area contributed by atoms with E-state index in [4.69, 9.17) is 10.2 Å².